The van der Waals surface area contributed by atoms with E-state index in [2.05, 4.69) is 22.6 Å². The van der Waals surface area contributed by atoms with Crippen LogP contribution in [0, 0.1) is 3.57 Å². The molecule has 3 aromatic rings. The van der Waals surface area contributed by atoms with Crippen LogP contribution in [0.4, 0.5) is 10.5 Å². The minimum absolute atomic E-state index is 0.328. The van der Waals surface area contributed by atoms with Gasteiger partial charge in [0.25, 0.3) is 11.1 Å². The highest BCUT2D eigenvalue weighted by atomic mass is 127. The third-order valence-corrected chi connectivity index (χ3v) is 6.33. The van der Waals surface area contributed by atoms with E-state index in [0.29, 0.717) is 22.2 Å². The summed E-state index contributed by atoms with van der Waals surface area (Å²) in [6, 6.07) is 22.2. The molecule has 1 heterocycles. The van der Waals surface area contributed by atoms with Gasteiger partial charge < -0.3 is 4.74 Å². The Bertz CT molecular complexity index is 1130. The maximum atomic E-state index is 12.8. The van der Waals surface area contributed by atoms with E-state index < -0.39 is 0 Å². The summed E-state index contributed by atoms with van der Waals surface area (Å²) in [5.41, 5.74) is 2.42. The Morgan fingerprint density at radius 3 is 2.43 bits per heavy atom. The summed E-state index contributed by atoms with van der Waals surface area (Å²) in [4.78, 5) is 26.7. The van der Waals surface area contributed by atoms with Crippen molar-refractivity contribution >= 4 is 68.9 Å². The summed E-state index contributed by atoms with van der Waals surface area (Å²) in [7, 11) is 0. The van der Waals surface area contributed by atoms with Gasteiger partial charge in [-0.05, 0) is 88.0 Å². The maximum Gasteiger partial charge on any atom is 0.298 e. The number of halogens is 2. The van der Waals surface area contributed by atoms with Crippen molar-refractivity contribution in [1.29, 1.82) is 0 Å². The second kappa shape index (κ2) is 9.24. The third-order valence-electron chi connectivity index (χ3n) is 4.37. The van der Waals surface area contributed by atoms with Gasteiger partial charge in [-0.2, -0.15) is 0 Å². The molecule has 150 valence electrons. The molecule has 0 aromatic heterocycles. The summed E-state index contributed by atoms with van der Waals surface area (Å²) in [5, 5.41) is 0.219. The molecule has 0 aliphatic carbocycles. The van der Waals surface area contributed by atoms with E-state index in [4.69, 9.17) is 16.3 Å². The van der Waals surface area contributed by atoms with Crippen LogP contribution < -0.4 is 9.64 Å². The van der Waals surface area contributed by atoms with Crippen LogP contribution in [0.2, 0.25) is 5.02 Å². The molecule has 0 N–H and O–H groups in total. The molecule has 4 rings (SSSR count). The predicted octanol–water partition coefficient (Wildman–Crippen LogP) is 6.76. The molecule has 0 bridgehead atoms. The number of carbonyl (C=O) groups is 2. The van der Waals surface area contributed by atoms with Crippen LogP contribution in [0.15, 0.2) is 77.7 Å². The zero-order valence-electron chi connectivity index (χ0n) is 15.5. The van der Waals surface area contributed by atoms with Gasteiger partial charge in [0.15, 0.2) is 0 Å². The van der Waals surface area contributed by atoms with Gasteiger partial charge >= 0.3 is 0 Å². The SMILES string of the molecule is O=C1S/C(=C/c2ccc(OCc3ccccc3)c(I)c2)C(=O)N1c1ccc(Cl)cc1. The molecule has 1 aliphatic heterocycles. The number of hydrogen-bond acceptors (Lipinski definition) is 4. The van der Waals surface area contributed by atoms with Gasteiger partial charge in [-0.25, -0.2) is 4.90 Å². The fraction of sp³-hybridized carbons (Fsp3) is 0.0435. The zero-order chi connectivity index (χ0) is 21.1. The van der Waals surface area contributed by atoms with Crippen molar-refractivity contribution in [3.05, 3.63) is 97.4 Å². The molecule has 1 aliphatic rings. The summed E-state index contributed by atoms with van der Waals surface area (Å²) in [6.07, 6.45) is 1.73. The Morgan fingerprint density at radius 1 is 1.00 bits per heavy atom. The Balaban J connectivity index is 1.50. The lowest BCUT2D eigenvalue weighted by molar-refractivity contribution is -0.113. The van der Waals surface area contributed by atoms with Crippen LogP contribution in [-0.4, -0.2) is 11.1 Å². The van der Waals surface area contributed by atoms with Crippen molar-refractivity contribution in [2.75, 3.05) is 4.90 Å². The van der Waals surface area contributed by atoms with Crippen molar-refractivity contribution in [1.82, 2.24) is 0 Å². The van der Waals surface area contributed by atoms with E-state index in [-0.39, 0.29) is 11.1 Å². The first kappa shape index (κ1) is 21.0. The number of hydrogen-bond donors (Lipinski definition) is 0. The first-order valence-electron chi connectivity index (χ1n) is 9.01. The third kappa shape index (κ3) is 4.71. The van der Waals surface area contributed by atoms with Crippen LogP contribution in [0.3, 0.4) is 0 Å². The summed E-state index contributed by atoms with van der Waals surface area (Å²) >= 11 is 9.03. The van der Waals surface area contributed by atoms with Gasteiger partial charge in [0.1, 0.15) is 12.4 Å². The Labute approximate surface area is 197 Å². The fourth-order valence-corrected chi connectivity index (χ4v) is 4.55. The molecule has 0 atom stereocenters. The van der Waals surface area contributed by atoms with Crippen molar-refractivity contribution in [3.8, 4) is 5.75 Å². The standard InChI is InChI=1S/C23H15ClINO3S/c24-17-7-9-18(10-8-17)26-22(27)21(30-23(26)28)13-16-6-11-20(19(25)12-16)29-14-15-4-2-1-3-5-15/h1-13H,14H2/b21-13+. The quantitative estimate of drug-likeness (QED) is 0.261. The lowest BCUT2D eigenvalue weighted by Gasteiger charge is -2.12. The lowest BCUT2D eigenvalue weighted by Crippen LogP contribution is -2.27. The summed E-state index contributed by atoms with van der Waals surface area (Å²) in [5.74, 6) is 0.428. The molecule has 0 saturated carbocycles. The first-order valence-corrected chi connectivity index (χ1v) is 11.3. The maximum absolute atomic E-state index is 12.8. The normalized spacial score (nSPS) is 15.1. The second-order valence-corrected chi connectivity index (χ2v) is 9.05. The molecular formula is C23H15ClINO3S. The molecule has 7 heteroatoms. The summed E-state index contributed by atoms with van der Waals surface area (Å²) < 4.78 is 6.82. The molecule has 1 saturated heterocycles. The number of thioether (sulfide) groups is 1. The molecule has 0 radical (unpaired) electrons. The average molecular weight is 548 g/mol. The van der Waals surface area contributed by atoms with E-state index in [9.17, 15) is 9.59 Å². The largest absolute Gasteiger partial charge is 0.488 e. The van der Waals surface area contributed by atoms with Crippen molar-refractivity contribution < 1.29 is 14.3 Å². The van der Waals surface area contributed by atoms with Crippen molar-refractivity contribution in [2.45, 2.75) is 6.61 Å². The van der Waals surface area contributed by atoms with Crippen LogP contribution in [0.1, 0.15) is 11.1 Å². The minimum Gasteiger partial charge on any atom is -0.488 e. The van der Waals surface area contributed by atoms with Crippen LogP contribution >= 0.6 is 46.0 Å². The van der Waals surface area contributed by atoms with Gasteiger partial charge in [0.05, 0.1) is 14.2 Å². The van der Waals surface area contributed by atoms with Crippen molar-refractivity contribution in [2.24, 2.45) is 0 Å². The van der Waals surface area contributed by atoms with E-state index in [0.717, 1.165) is 37.1 Å². The Morgan fingerprint density at radius 2 is 1.73 bits per heavy atom. The molecule has 4 nitrogen and oxygen atoms in total. The van der Waals surface area contributed by atoms with E-state index in [1.165, 1.54) is 0 Å². The smallest absolute Gasteiger partial charge is 0.298 e. The predicted molar refractivity (Wildman–Crippen MR) is 130 cm³/mol. The van der Waals surface area contributed by atoms with Gasteiger partial charge in [0.2, 0.25) is 0 Å². The molecule has 0 unspecified atom stereocenters. The van der Waals surface area contributed by atoms with Gasteiger partial charge in [-0.1, -0.05) is 48.0 Å². The van der Waals surface area contributed by atoms with Gasteiger partial charge in [-0.3, -0.25) is 9.59 Å². The molecule has 30 heavy (non-hydrogen) atoms. The van der Waals surface area contributed by atoms with Crippen molar-refractivity contribution in [3.63, 3.8) is 0 Å². The highest BCUT2D eigenvalue weighted by Gasteiger charge is 2.36. The Kier molecular flexibility index (Phi) is 6.46. The topological polar surface area (TPSA) is 46.6 Å². The first-order chi connectivity index (χ1) is 14.5. The monoisotopic (exact) mass is 547 g/mol. The molecule has 1 fully saturated rings. The zero-order valence-corrected chi connectivity index (χ0v) is 19.3. The molecule has 2 amide bonds. The van der Waals surface area contributed by atoms with Crippen LogP contribution in [0.25, 0.3) is 6.08 Å². The van der Waals surface area contributed by atoms with E-state index in [1.807, 2.05) is 48.5 Å². The van der Waals surface area contributed by atoms with Crippen LogP contribution in [0.5, 0.6) is 5.75 Å². The van der Waals surface area contributed by atoms with Gasteiger partial charge in [-0.15, -0.1) is 0 Å². The molecule has 0 spiro atoms. The highest BCUT2D eigenvalue weighted by molar-refractivity contribution is 14.1. The number of ether oxygens (including phenoxy) is 1. The summed E-state index contributed by atoms with van der Waals surface area (Å²) in [6.45, 7) is 0.482. The van der Waals surface area contributed by atoms with Gasteiger partial charge in [0, 0.05) is 5.02 Å². The number of rotatable bonds is 5. The average Bonchev–Trinajstić information content (AvgIpc) is 3.02. The minimum atomic E-state index is -0.341. The van der Waals surface area contributed by atoms with Crippen LogP contribution in [-0.2, 0) is 11.4 Å². The number of nitrogens with zero attached hydrogens (tertiary/aromatic N) is 1. The molecular weight excluding hydrogens is 533 g/mol. The second-order valence-electron chi connectivity index (χ2n) is 6.46. The highest BCUT2D eigenvalue weighted by Crippen LogP contribution is 2.36. The van der Waals surface area contributed by atoms with E-state index >= 15 is 0 Å². The van der Waals surface area contributed by atoms with E-state index in [1.54, 1.807) is 30.3 Å². The lowest BCUT2D eigenvalue weighted by atomic mass is 10.2. The molecule has 3 aromatic carbocycles. The Hall–Kier alpha value is -2.29. The fourth-order valence-electron chi connectivity index (χ4n) is 2.89. The number of benzene rings is 3. The number of carbonyl (C=O) groups excluding carboxylic acids is 2. The number of anilines is 1. The number of amides is 2. The number of imide groups is 1.